The summed E-state index contributed by atoms with van der Waals surface area (Å²) in [7, 11) is 0. The van der Waals surface area contributed by atoms with Gasteiger partial charge in [-0.3, -0.25) is 0 Å². The first-order valence-corrected chi connectivity index (χ1v) is 26.7. The van der Waals surface area contributed by atoms with Crippen molar-refractivity contribution in [2.24, 2.45) is 0 Å². The molecule has 0 bridgehead atoms. The summed E-state index contributed by atoms with van der Waals surface area (Å²) in [5, 5.41) is 6.81. The zero-order valence-electron chi connectivity index (χ0n) is 42.0. The highest BCUT2D eigenvalue weighted by atomic mass is 16.5. The Labute approximate surface area is 449 Å². The third kappa shape index (κ3) is 6.38. The van der Waals surface area contributed by atoms with Crippen LogP contribution in [0.2, 0.25) is 0 Å². The van der Waals surface area contributed by atoms with E-state index >= 15 is 0 Å². The van der Waals surface area contributed by atoms with Crippen LogP contribution < -0.4 is 26.0 Å². The molecule has 362 valence electrons. The number of rotatable bonds is 6. The Morgan fingerprint density at radius 2 is 0.795 bits per heavy atom. The molecule has 0 amide bonds. The molecule has 78 heavy (non-hydrogen) atoms. The van der Waals surface area contributed by atoms with Crippen LogP contribution in [0.25, 0.3) is 116 Å². The van der Waals surface area contributed by atoms with E-state index in [9.17, 15) is 0 Å². The van der Waals surface area contributed by atoms with Crippen molar-refractivity contribution in [2.75, 3.05) is 4.90 Å². The van der Waals surface area contributed by atoms with E-state index in [1.165, 1.54) is 16.2 Å². The molecule has 2 aliphatic rings. The molecule has 0 aliphatic carbocycles. The van der Waals surface area contributed by atoms with Gasteiger partial charge in [-0.1, -0.05) is 188 Å². The van der Waals surface area contributed by atoms with Gasteiger partial charge in [-0.05, 0) is 116 Å². The van der Waals surface area contributed by atoms with Gasteiger partial charge in [-0.15, -0.1) is 0 Å². The molecule has 0 spiro atoms. The van der Waals surface area contributed by atoms with Crippen molar-refractivity contribution < 1.29 is 13.6 Å². The van der Waals surface area contributed by atoms with E-state index in [4.69, 9.17) is 13.6 Å². The minimum Gasteiger partial charge on any atom is -0.458 e. The molecule has 5 nitrogen and oxygen atoms in total. The normalized spacial score (nSPS) is 12.7. The molecule has 6 heteroatoms. The third-order valence-electron chi connectivity index (χ3n) is 16.4. The average molecular weight is 995 g/mol. The molecule has 0 radical (unpaired) electrons. The molecule has 0 N–H and O–H groups in total. The molecule has 0 unspecified atom stereocenters. The molecule has 0 fully saturated rings. The van der Waals surface area contributed by atoms with E-state index in [1.807, 2.05) is 24.3 Å². The fourth-order valence-corrected chi connectivity index (χ4v) is 13.0. The van der Waals surface area contributed by atoms with E-state index in [0.717, 1.165) is 145 Å². The number of hydrogen-bond acceptors (Lipinski definition) is 4. The third-order valence-corrected chi connectivity index (χ3v) is 16.4. The molecule has 15 aromatic rings. The lowest BCUT2D eigenvalue weighted by atomic mass is 9.34. The van der Waals surface area contributed by atoms with Crippen LogP contribution in [0.1, 0.15) is 0 Å². The summed E-state index contributed by atoms with van der Waals surface area (Å²) in [6.07, 6.45) is 0. The number of para-hydroxylation sites is 5. The summed E-state index contributed by atoms with van der Waals surface area (Å²) >= 11 is 0. The number of hydrogen-bond donors (Lipinski definition) is 0. The maximum Gasteiger partial charge on any atom is 0.256 e. The van der Waals surface area contributed by atoms with Crippen LogP contribution in [0.4, 0.5) is 17.1 Å². The van der Waals surface area contributed by atoms with Crippen LogP contribution in [0.5, 0.6) is 11.5 Å². The molecule has 2 aliphatic heterocycles. The van der Waals surface area contributed by atoms with Gasteiger partial charge in [0, 0.05) is 60.9 Å². The fraction of sp³-hybridized carbons (Fsp3) is 0. The smallest absolute Gasteiger partial charge is 0.256 e. The predicted octanol–water partition coefficient (Wildman–Crippen LogP) is 17.7. The standard InChI is InChI=1S/C72H43BN2O3/c1-3-16-44(17-4-1)51-24-15-25-52(45-18-5-2-6-19-45)72(51)75-63-34-30-48(46-31-35-67-57(38-46)55-22-9-13-28-65(55)76-67)40-59(63)73-60-41-49(47-32-36-68-58(39-47)56-23-10-14-29-66(56)77-68)33-37-69(60)78-70-43-50(42-64(75)71(70)73)74-61-26-11-7-20-53(61)54-21-8-12-27-62(54)74/h1-43H. The number of benzene rings is 12. The van der Waals surface area contributed by atoms with Gasteiger partial charge >= 0.3 is 0 Å². The lowest BCUT2D eigenvalue weighted by Crippen LogP contribution is -2.59. The van der Waals surface area contributed by atoms with E-state index in [-0.39, 0.29) is 6.71 Å². The van der Waals surface area contributed by atoms with Gasteiger partial charge in [0.1, 0.15) is 33.8 Å². The van der Waals surface area contributed by atoms with Crippen molar-refractivity contribution in [1.82, 2.24) is 4.57 Å². The number of furan rings is 2. The summed E-state index contributed by atoms with van der Waals surface area (Å²) in [6.45, 7) is -0.224. The summed E-state index contributed by atoms with van der Waals surface area (Å²) in [5.74, 6) is 1.66. The Balaban J connectivity index is 0.974. The van der Waals surface area contributed by atoms with E-state index in [0.29, 0.717) is 0 Å². The molecule has 5 heterocycles. The van der Waals surface area contributed by atoms with Gasteiger partial charge in [0.25, 0.3) is 6.71 Å². The Kier molecular flexibility index (Phi) is 9.15. The highest BCUT2D eigenvalue weighted by Gasteiger charge is 2.44. The second-order valence-corrected chi connectivity index (χ2v) is 20.7. The number of aromatic nitrogens is 1. The highest BCUT2D eigenvalue weighted by molar-refractivity contribution is 6.99. The Bertz CT molecular complexity index is 4860. The zero-order valence-corrected chi connectivity index (χ0v) is 42.0. The van der Waals surface area contributed by atoms with Gasteiger partial charge in [0.05, 0.1) is 22.4 Å². The topological polar surface area (TPSA) is 43.7 Å². The molecular weight excluding hydrogens is 952 g/mol. The van der Waals surface area contributed by atoms with Crippen LogP contribution in [-0.2, 0) is 0 Å². The first kappa shape index (κ1) is 43.0. The zero-order chi connectivity index (χ0) is 51.0. The van der Waals surface area contributed by atoms with Crippen LogP contribution in [-0.4, -0.2) is 11.3 Å². The second kappa shape index (κ2) is 16.6. The second-order valence-electron chi connectivity index (χ2n) is 20.7. The Morgan fingerprint density at radius 1 is 0.308 bits per heavy atom. The minimum atomic E-state index is -0.224. The van der Waals surface area contributed by atoms with Gasteiger partial charge < -0.3 is 23.0 Å². The van der Waals surface area contributed by atoms with Crippen molar-refractivity contribution in [1.29, 1.82) is 0 Å². The highest BCUT2D eigenvalue weighted by Crippen LogP contribution is 2.50. The lowest BCUT2D eigenvalue weighted by molar-refractivity contribution is 0.487. The molecule has 0 saturated carbocycles. The van der Waals surface area contributed by atoms with Gasteiger partial charge in [-0.2, -0.15) is 0 Å². The van der Waals surface area contributed by atoms with Gasteiger partial charge in [0.2, 0.25) is 0 Å². The quantitative estimate of drug-likeness (QED) is 0.156. The molecule has 17 rings (SSSR count). The summed E-state index contributed by atoms with van der Waals surface area (Å²) in [5.41, 5.74) is 22.4. The number of nitrogens with zero attached hydrogens (tertiary/aromatic N) is 2. The Morgan fingerprint density at radius 3 is 1.40 bits per heavy atom. The first-order chi connectivity index (χ1) is 38.7. The van der Waals surface area contributed by atoms with Crippen molar-refractivity contribution in [3.63, 3.8) is 0 Å². The minimum absolute atomic E-state index is 0.224. The lowest BCUT2D eigenvalue weighted by Gasteiger charge is -2.42. The molecule has 0 atom stereocenters. The van der Waals surface area contributed by atoms with Gasteiger partial charge in [-0.25, -0.2) is 0 Å². The molecular formula is C72H43BN2O3. The molecule has 12 aromatic carbocycles. The number of ether oxygens (including phenoxy) is 1. The predicted molar refractivity (Wildman–Crippen MR) is 323 cm³/mol. The maximum absolute atomic E-state index is 7.45. The summed E-state index contributed by atoms with van der Waals surface area (Å²) in [4.78, 5) is 2.55. The van der Waals surface area contributed by atoms with Crippen molar-refractivity contribution in [3.8, 4) is 61.7 Å². The first-order valence-electron chi connectivity index (χ1n) is 26.7. The van der Waals surface area contributed by atoms with Crippen LogP contribution >= 0.6 is 0 Å². The molecule has 0 saturated heterocycles. The average Bonchev–Trinajstić information content (AvgIpc) is 3.88. The number of fused-ring (bicyclic) bond motifs is 13. The summed E-state index contributed by atoms with van der Waals surface area (Å²) < 4.78 is 22.6. The largest absolute Gasteiger partial charge is 0.458 e. The van der Waals surface area contributed by atoms with Crippen LogP contribution in [0, 0.1) is 0 Å². The van der Waals surface area contributed by atoms with Crippen molar-refractivity contribution in [2.45, 2.75) is 0 Å². The molecule has 3 aromatic heterocycles. The van der Waals surface area contributed by atoms with Crippen molar-refractivity contribution in [3.05, 3.63) is 261 Å². The van der Waals surface area contributed by atoms with Crippen LogP contribution in [0.15, 0.2) is 270 Å². The van der Waals surface area contributed by atoms with E-state index in [1.54, 1.807) is 0 Å². The van der Waals surface area contributed by atoms with Crippen LogP contribution in [0.3, 0.4) is 0 Å². The monoisotopic (exact) mass is 994 g/mol. The van der Waals surface area contributed by atoms with Gasteiger partial charge in [0.15, 0.2) is 0 Å². The SMILES string of the molecule is c1ccc(-c2cccc(-c3ccccc3)c2N2c3ccc(-c4ccc5oc6ccccc6c5c4)cc3B3c4cc(-c5ccc6oc7ccccc7c6c5)ccc4Oc4cc(-n5c6ccccc6c6ccccc65)cc2c43)cc1. The Hall–Kier alpha value is -10.3. The fourth-order valence-electron chi connectivity index (χ4n) is 13.0. The summed E-state index contributed by atoms with van der Waals surface area (Å²) in [6, 6.07) is 94.4. The van der Waals surface area contributed by atoms with E-state index in [2.05, 4.69) is 246 Å². The van der Waals surface area contributed by atoms with E-state index < -0.39 is 0 Å². The van der Waals surface area contributed by atoms with Crippen molar-refractivity contribution >= 4 is 106 Å². The maximum atomic E-state index is 7.45. The number of anilines is 3.